The number of thioether (sulfide) groups is 1. The highest BCUT2D eigenvalue weighted by molar-refractivity contribution is 8.00. The van der Waals surface area contributed by atoms with Crippen LogP contribution < -0.4 is 20.0 Å². The first-order chi connectivity index (χ1) is 23.1. The monoisotopic (exact) mass is 684 g/mol. The fourth-order valence-corrected chi connectivity index (χ4v) is 9.07. The number of nitrogens with zero attached hydrogens (tertiary/aromatic N) is 3. The number of hydrogen-bond donors (Lipinski definition) is 1. The van der Waals surface area contributed by atoms with Crippen LogP contribution in [0, 0.1) is 12.8 Å². The average molecular weight is 685 g/mol. The number of thiazole rings is 1. The minimum atomic E-state index is -0.831. The molecule has 10 nitrogen and oxygen atoms in total. The van der Waals surface area contributed by atoms with Gasteiger partial charge in [-0.3, -0.25) is 23.7 Å². The standard InChI is InChI=1S/C36H36N4O6S2/c1-5-38(6-2)25-16-10-22(11-17-25)28-29-30(33(43)40(32(29)42)26-18-12-23(13-19-26)35(44)46-7-3)47-34-31(28)48-36(45)39(34)20-27(41)37-24-14-8-21(4)9-15-24/h8-19,28-30H,5-7,20H2,1-4H3,(H,37,41)/t28-,29?,30?/m1/s1. The predicted molar refractivity (Wildman–Crippen MR) is 188 cm³/mol. The Balaban J connectivity index is 1.38. The largest absolute Gasteiger partial charge is 0.462 e. The number of carbonyl (C=O) groups is 4. The van der Waals surface area contributed by atoms with E-state index in [9.17, 15) is 24.0 Å². The number of rotatable bonds is 10. The zero-order valence-corrected chi connectivity index (χ0v) is 28.7. The van der Waals surface area contributed by atoms with Crippen molar-refractivity contribution in [3.63, 3.8) is 0 Å². The third-order valence-corrected chi connectivity index (χ3v) is 11.3. The third-order valence-electron chi connectivity index (χ3n) is 8.70. The first-order valence-electron chi connectivity index (χ1n) is 15.9. The Morgan fingerprint density at radius 3 is 2.17 bits per heavy atom. The molecule has 1 aromatic heterocycles. The van der Waals surface area contributed by atoms with E-state index in [1.54, 1.807) is 31.2 Å². The summed E-state index contributed by atoms with van der Waals surface area (Å²) < 4.78 is 6.49. The summed E-state index contributed by atoms with van der Waals surface area (Å²) in [6.07, 6.45) is 0. The molecule has 3 heterocycles. The number of aryl methyl sites for hydroxylation is 1. The van der Waals surface area contributed by atoms with Crippen molar-refractivity contribution in [1.82, 2.24) is 4.57 Å². The number of benzene rings is 3. The highest BCUT2D eigenvalue weighted by Gasteiger charge is 2.56. The van der Waals surface area contributed by atoms with Crippen LogP contribution in [0.1, 0.15) is 53.1 Å². The van der Waals surface area contributed by atoms with Gasteiger partial charge in [0.15, 0.2) is 0 Å². The number of carbonyl (C=O) groups excluding carboxylic acids is 4. The second kappa shape index (κ2) is 13.8. The Labute approximate surface area is 286 Å². The van der Waals surface area contributed by atoms with Crippen molar-refractivity contribution in [2.45, 2.75) is 50.4 Å². The lowest BCUT2D eigenvalue weighted by atomic mass is 9.83. The highest BCUT2D eigenvalue weighted by atomic mass is 32.2. The van der Waals surface area contributed by atoms with Gasteiger partial charge < -0.3 is 15.0 Å². The van der Waals surface area contributed by atoms with Gasteiger partial charge in [-0.2, -0.15) is 0 Å². The molecule has 0 aliphatic carbocycles. The van der Waals surface area contributed by atoms with Crippen LogP contribution in [0.3, 0.4) is 0 Å². The van der Waals surface area contributed by atoms with Crippen molar-refractivity contribution in [3.8, 4) is 0 Å². The summed E-state index contributed by atoms with van der Waals surface area (Å²) in [5.41, 5.74) is 4.16. The zero-order chi connectivity index (χ0) is 34.1. The molecule has 3 aromatic carbocycles. The first kappa shape index (κ1) is 33.2. The van der Waals surface area contributed by atoms with Crippen LogP contribution in [0.4, 0.5) is 17.1 Å². The summed E-state index contributed by atoms with van der Waals surface area (Å²) in [7, 11) is 0. The van der Waals surface area contributed by atoms with Crippen LogP contribution in [-0.2, 0) is 25.7 Å². The second-order valence-electron chi connectivity index (χ2n) is 11.6. The number of nitrogens with one attached hydrogen (secondary N) is 1. The highest BCUT2D eigenvalue weighted by Crippen LogP contribution is 2.54. The van der Waals surface area contributed by atoms with Crippen molar-refractivity contribution in [2.24, 2.45) is 5.92 Å². The summed E-state index contributed by atoms with van der Waals surface area (Å²) in [5.74, 6) is -3.03. The van der Waals surface area contributed by atoms with Crippen LogP contribution >= 0.6 is 23.1 Å². The summed E-state index contributed by atoms with van der Waals surface area (Å²) in [4.78, 5) is 71.0. The fourth-order valence-electron chi connectivity index (χ4n) is 6.29. The molecule has 6 rings (SSSR count). The smallest absolute Gasteiger partial charge is 0.338 e. The van der Waals surface area contributed by atoms with Crippen molar-refractivity contribution in [2.75, 3.05) is 34.8 Å². The molecule has 1 saturated heterocycles. The van der Waals surface area contributed by atoms with Gasteiger partial charge in [0, 0.05) is 35.3 Å². The van der Waals surface area contributed by atoms with Crippen LogP contribution in [0.15, 0.2) is 82.6 Å². The van der Waals surface area contributed by atoms with Crippen LogP contribution in [0.5, 0.6) is 0 Å². The molecule has 48 heavy (non-hydrogen) atoms. The summed E-state index contributed by atoms with van der Waals surface area (Å²) in [6, 6.07) is 21.5. The first-order valence-corrected chi connectivity index (χ1v) is 17.6. The number of anilines is 3. The Kier molecular flexibility index (Phi) is 9.56. The van der Waals surface area contributed by atoms with E-state index >= 15 is 0 Å². The number of imide groups is 1. The third kappa shape index (κ3) is 6.17. The van der Waals surface area contributed by atoms with E-state index in [2.05, 4.69) is 24.1 Å². The van der Waals surface area contributed by atoms with Gasteiger partial charge >= 0.3 is 10.8 Å². The molecule has 0 radical (unpaired) electrons. The average Bonchev–Trinajstić information content (AvgIpc) is 3.53. The SMILES string of the molecule is CCOC(=O)c1ccc(N2C(=O)C3Sc4c(sc(=O)n4CC(=O)Nc4ccc(C)cc4)[C@H](c4ccc(N(CC)CC)cc4)C3C2=O)cc1. The van der Waals surface area contributed by atoms with Crippen molar-refractivity contribution in [3.05, 3.63) is 104 Å². The van der Waals surface area contributed by atoms with E-state index in [0.29, 0.717) is 26.8 Å². The molecule has 0 saturated carbocycles. The summed E-state index contributed by atoms with van der Waals surface area (Å²) >= 11 is 2.17. The van der Waals surface area contributed by atoms with E-state index in [1.807, 2.05) is 43.3 Å². The molecule has 1 fully saturated rings. The normalized spacial score (nSPS) is 18.3. The quantitative estimate of drug-likeness (QED) is 0.168. The van der Waals surface area contributed by atoms with Crippen molar-refractivity contribution in [1.29, 1.82) is 0 Å². The number of amides is 3. The molecule has 0 bridgehead atoms. The molecule has 248 valence electrons. The van der Waals surface area contributed by atoms with Crippen molar-refractivity contribution >= 4 is 63.9 Å². The molecule has 2 aliphatic heterocycles. The molecule has 12 heteroatoms. The fraction of sp³-hybridized carbons (Fsp3) is 0.306. The number of esters is 1. The van der Waals surface area contributed by atoms with Crippen LogP contribution in [0.2, 0.25) is 0 Å². The van der Waals surface area contributed by atoms with E-state index in [0.717, 1.165) is 53.0 Å². The van der Waals surface area contributed by atoms with Crippen molar-refractivity contribution < 1.29 is 23.9 Å². The molecule has 4 aromatic rings. The Morgan fingerprint density at radius 1 is 0.875 bits per heavy atom. The van der Waals surface area contributed by atoms with Gasteiger partial charge in [-0.1, -0.05) is 52.9 Å². The molecular weight excluding hydrogens is 649 g/mol. The van der Waals surface area contributed by atoms with E-state index in [-0.39, 0.29) is 29.8 Å². The molecule has 1 N–H and O–H groups in total. The van der Waals surface area contributed by atoms with E-state index in [1.165, 1.54) is 21.6 Å². The van der Waals surface area contributed by atoms with E-state index in [4.69, 9.17) is 4.74 Å². The molecule has 2 unspecified atom stereocenters. The summed E-state index contributed by atoms with van der Waals surface area (Å²) in [5, 5.41) is 2.54. The van der Waals surface area contributed by atoms with Gasteiger partial charge in [0.2, 0.25) is 17.7 Å². The molecule has 2 aliphatic rings. The molecule has 3 amide bonds. The van der Waals surface area contributed by atoms with Gasteiger partial charge in [0.05, 0.1) is 28.8 Å². The van der Waals surface area contributed by atoms with Crippen LogP contribution in [0.25, 0.3) is 0 Å². The van der Waals surface area contributed by atoms with Gasteiger partial charge in [0.1, 0.15) is 11.8 Å². The van der Waals surface area contributed by atoms with Crippen LogP contribution in [-0.4, -0.2) is 53.2 Å². The number of fused-ring (bicyclic) bond motifs is 2. The topological polar surface area (TPSA) is 118 Å². The Bertz CT molecular complexity index is 1910. The Morgan fingerprint density at radius 2 is 1.54 bits per heavy atom. The van der Waals surface area contributed by atoms with Gasteiger partial charge in [-0.15, -0.1) is 0 Å². The lowest BCUT2D eigenvalue weighted by Crippen LogP contribution is -2.33. The number of ether oxygens (including phenoxy) is 1. The summed E-state index contributed by atoms with van der Waals surface area (Å²) in [6.45, 7) is 9.48. The molecule has 3 atom stereocenters. The number of hydrogen-bond acceptors (Lipinski definition) is 9. The predicted octanol–water partition coefficient (Wildman–Crippen LogP) is 5.68. The number of aromatic nitrogens is 1. The lowest BCUT2D eigenvalue weighted by Gasteiger charge is -2.31. The Hall–Kier alpha value is -4.68. The maximum Gasteiger partial charge on any atom is 0.338 e. The second-order valence-corrected chi connectivity index (χ2v) is 13.7. The zero-order valence-electron chi connectivity index (χ0n) is 27.1. The minimum absolute atomic E-state index is 0.227. The van der Waals surface area contributed by atoms with E-state index < -0.39 is 29.0 Å². The van der Waals surface area contributed by atoms with Gasteiger partial charge in [-0.05, 0) is 81.8 Å². The maximum absolute atomic E-state index is 14.3. The molecule has 0 spiro atoms. The lowest BCUT2D eigenvalue weighted by molar-refractivity contribution is -0.122. The molecular formula is C36H36N4O6S2. The maximum atomic E-state index is 14.3. The minimum Gasteiger partial charge on any atom is -0.462 e. The van der Waals surface area contributed by atoms with Gasteiger partial charge in [0.25, 0.3) is 0 Å². The van der Waals surface area contributed by atoms with Gasteiger partial charge in [-0.25, -0.2) is 9.69 Å².